The van der Waals surface area contributed by atoms with E-state index >= 15 is 0 Å². The van der Waals surface area contributed by atoms with Crippen molar-refractivity contribution in [3.8, 4) is 5.75 Å². The molecule has 0 radical (unpaired) electrons. The number of hydrogen-bond donors (Lipinski definition) is 0. The van der Waals surface area contributed by atoms with Crippen LogP contribution in [0.3, 0.4) is 0 Å². The summed E-state index contributed by atoms with van der Waals surface area (Å²) in [6.07, 6.45) is 3.14. The Kier molecular flexibility index (Phi) is 4.26. The molecular weight excluding hydrogens is 366 g/mol. The van der Waals surface area contributed by atoms with E-state index in [1.165, 1.54) is 4.90 Å². The van der Waals surface area contributed by atoms with Gasteiger partial charge in [-0.15, -0.1) is 0 Å². The molecule has 0 spiro atoms. The molecule has 1 aliphatic heterocycles. The molecule has 0 unspecified atom stereocenters. The monoisotopic (exact) mass is 389 g/mol. The van der Waals surface area contributed by atoms with E-state index < -0.39 is 0 Å². The van der Waals surface area contributed by atoms with E-state index in [0.29, 0.717) is 28.8 Å². The van der Waals surface area contributed by atoms with Gasteiger partial charge in [-0.3, -0.25) is 14.4 Å². The summed E-state index contributed by atoms with van der Waals surface area (Å²) in [6, 6.07) is 14.3. The smallest absolute Gasteiger partial charge is 0.237 e. The lowest BCUT2D eigenvalue weighted by atomic mass is 9.81. The Morgan fingerprint density at radius 3 is 2.31 bits per heavy atom. The number of benzene rings is 2. The number of rotatable bonds is 5. The Labute approximate surface area is 169 Å². The number of ketones is 1. The maximum atomic E-state index is 13.0. The maximum absolute atomic E-state index is 13.0. The number of amides is 2. The average molecular weight is 389 g/mol. The van der Waals surface area contributed by atoms with Gasteiger partial charge in [0.2, 0.25) is 11.8 Å². The van der Waals surface area contributed by atoms with Gasteiger partial charge in [-0.2, -0.15) is 0 Å². The van der Waals surface area contributed by atoms with E-state index in [2.05, 4.69) is 0 Å². The average Bonchev–Trinajstić information content (AvgIpc) is 3.41. The molecule has 0 N–H and O–H groups in total. The Bertz CT molecular complexity index is 968. The summed E-state index contributed by atoms with van der Waals surface area (Å²) < 4.78 is 5.67. The van der Waals surface area contributed by atoms with Crippen molar-refractivity contribution in [3.05, 3.63) is 59.7 Å². The van der Waals surface area contributed by atoms with Crippen LogP contribution >= 0.6 is 0 Å². The molecule has 2 amide bonds. The molecule has 2 aromatic carbocycles. The maximum Gasteiger partial charge on any atom is 0.237 e. The number of fused-ring (bicyclic) bond motifs is 5. The first-order chi connectivity index (χ1) is 14.0. The van der Waals surface area contributed by atoms with Gasteiger partial charge in [0.25, 0.3) is 0 Å². The predicted molar refractivity (Wildman–Crippen MR) is 108 cm³/mol. The number of carbonyl (C=O) groups excluding carboxylic acids is 3. The normalized spacial score (nSPS) is 27.4. The van der Waals surface area contributed by atoms with Crippen LogP contribution in [0.15, 0.2) is 48.5 Å². The lowest BCUT2D eigenvalue weighted by Crippen LogP contribution is -2.32. The summed E-state index contributed by atoms with van der Waals surface area (Å²) >= 11 is 0. The molecule has 1 saturated heterocycles. The zero-order valence-corrected chi connectivity index (χ0v) is 16.3. The minimum atomic E-state index is -0.145. The number of imide groups is 1. The zero-order valence-electron chi connectivity index (χ0n) is 16.3. The van der Waals surface area contributed by atoms with Crippen molar-refractivity contribution in [2.75, 3.05) is 11.5 Å². The van der Waals surface area contributed by atoms with Crippen LogP contribution in [0.1, 0.15) is 35.2 Å². The second-order valence-electron chi connectivity index (χ2n) is 8.47. The molecule has 2 aliphatic carbocycles. The molecule has 0 aromatic heterocycles. The number of nitrogens with zero attached hydrogens (tertiary/aromatic N) is 1. The first-order valence-electron chi connectivity index (χ1n) is 10.2. The topological polar surface area (TPSA) is 63.7 Å². The second kappa shape index (κ2) is 6.83. The lowest BCUT2D eigenvalue weighted by Gasteiger charge is -2.19. The van der Waals surface area contributed by atoms with Crippen molar-refractivity contribution in [1.29, 1.82) is 0 Å². The number of aryl methyl sites for hydroxylation is 1. The van der Waals surface area contributed by atoms with Crippen LogP contribution in [0.5, 0.6) is 5.75 Å². The zero-order chi connectivity index (χ0) is 20.1. The van der Waals surface area contributed by atoms with Crippen molar-refractivity contribution in [3.63, 3.8) is 0 Å². The second-order valence-corrected chi connectivity index (χ2v) is 8.47. The highest BCUT2D eigenvalue weighted by atomic mass is 16.5. The first-order valence-corrected chi connectivity index (χ1v) is 10.2. The third kappa shape index (κ3) is 2.96. The van der Waals surface area contributed by atoms with Crippen LogP contribution in [-0.4, -0.2) is 24.2 Å². The number of Topliss-reactive ketones (excluding diaryl/α,β-unsaturated/α-hetero) is 1. The number of hydrogen-bond acceptors (Lipinski definition) is 4. The third-order valence-corrected chi connectivity index (χ3v) is 6.75. The van der Waals surface area contributed by atoms with Crippen molar-refractivity contribution >= 4 is 23.3 Å². The van der Waals surface area contributed by atoms with Crippen LogP contribution in [-0.2, 0) is 9.59 Å². The molecule has 5 heteroatoms. The highest BCUT2D eigenvalue weighted by Gasteiger charge is 2.61. The molecule has 3 fully saturated rings. The fourth-order valence-corrected chi connectivity index (χ4v) is 5.35. The largest absolute Gasteiger partial charge is 0.485 e. The van der Waals surface area contributed by atoms with Crippen LogP contribution in [0.2, 0.25) is 0 Å². The molecule has 148 valence electrons. The molecule has 5 rings (SSSR count). The van der Waals surface area contributed by atoms with Crippen molar-refractivity contribution in [2.45, 2.75) is 26.2 Å². The number of carbonyl (C=O) groups is 3. The fraction of sp³-hybridized carbons (Fsp3) is 0.375. The van der Waals surface area contributed by atoms with E-state index in [0.717, 1.165) is 24.8 Å². The Morgan fingerprint density at radius 1 is 1.00 bits per heavy atom. The van der Waals surface area contributed by atoms with Gasteiger partial charge in [-0.05, 0) is 50.2 Å². The lowest BCUT2D eigenvalue weighted by molar-refractivity contribution is -0.123. The van der Waals surface area contributed by atoms with Crippen LogP contribution in [0.25, 0.3) is 0 Å². The van der Waals surface area contributed by atoms with E-state index in [9.17, 15) is 14.4 Å². The highest BCUT2D eigenvalue weighted by molar-refractivity contribution is 6.22. The summed E-state index contributed by atoms with van der Waals surface area (Å²) in [7, 11) is 0. The molecule has 29 heavy (non-hydrogen) atoms. The quantitative estimate of drug-likeness (QED) is 0.577. The van der Waals surface area contributed by atoms with Crippen LogP contribution < -0.4 is 9.64 Å². The third-order valence-electron chi connectivity index (χ3n) is 6.75. The van der Waals surface area contributed by atoms with Gasteiger partial charge in [0.05, 0.1) is 17.5 Å². The summed E-state index contributed by atoms with van der Waals surface area (Å²) in [6.45, 7) is 1.88. The van der Waals surface area contributed by atoms with Gasteiger partial charge >= 0.3 is 0 Å². The Balaban J connectivity index is 1.31. The predicted octanol–water partition coefficient (Wildman–Crippen LogP) is 3.79. The summed E-state index contributed by atoms with van der Waals surface area (Å²) in [5.74, 6) is 0.650. The van der Waals surface area contributed by atoms with E-state index in [1.807, 2.05) is 19.1 Å². The fourth-order valence-electron chi connectivity index (χ4n) is 5.35. The summed E-state index contributed by atoms with van der Waals surface area (Å²) in [5, 5.41) is 0. The van der Waals surface area contributed by atoms with E-state index in [-0.39, 0.29) is 36.0 Å². The Morgan fingerprint density at radius 2 is 1.66 bits per heavy atom. The van der Waals surface area contributed by atoms with Crippen molar-refractivity contribution in [1.82, 2.24) is 0 Å². The van der Waals surface area contributed by atoms with Gasteiger partial charge in [-0.25, -0.2) is 4.90 Å². The standard InChI is InChI=1S/C24H23NO4/c1-14-5-7-15(8-6-14)20(26)13-29-19-4-2-3-18(12-19)25-23(27)21-16-9-10-17(11-16)22(21)24(25)28/h2-8,12,16-17,21-22H,9-11,13H2,1H3/t16-,17+,21-,22-/m0/s1. The molecular formula is C24H23NO4. The van der Waals surface area contributed by atoms with Crippen LogP contribution in [0.4, 0.5) is 5.69 Å². The van der Waals surface area contributed by atoms with Gasteiger partial charge in [-0.1, -0.05) is 35.9 Å². The van der Waals surface area contributed by atoms with E-state index in [1.54, 1.807) is 36.4 Å². The molecule has 5 nitrogen and oxygen atoms in total. The number of anilines is 1. The van der Waals surface area contributed by atoms with E-state index in [4.69, 9.17) is 4.74 Å². The number of ether oxygens (including phenoxy) is 1. The Hall–Kier alpha value is -2.95. The van der Waals surface area contributed by atoms with Crippen molar-refractivity contribution in [2.24, 2.45) is 23.7 Å². The van der Waals surface area contributed by atoms with Crippen molar-refractivity contribution < 1.29 is 19.1 Å². The van der Waals surface area contributed by atoms with Gasteiger partial charge in [0.1, 0.15) is 5.75 Å². The molecule has 2 aromatic rings. The van der Waals surface area contributed by atoms with Gasteiger partial charge in [0.15, 0.2) is 12.4 Å². The summed E-state index contributed by atoms with van der Waals surface area (Å²) in [4.78, 5) is 39.7. The van der Waals surface area contributed by atoms with Gasteiger partial charge < -0.3 is 4.74 Å². The minimum Gasteiger partial charge on any atom is -0.485 e. The molecule has 2 bridgehead atoms. The molecule has 4 atom stereocenters. The minimum absolute atomic E-state index is 0.0694. The molecule has 1 heterocycles. The molecule has 2 saturated carbocycles. The first kappa shape index (κ1) is 18.1. The highest BCUT2D eigenvalue weighted by Crippen LogP contribution is 2.56. The summed E-state index contributed by atoms with van der Waals surface area (Å²) in [5.41, 5.74) is 2.22. The van der Waals surface area contributed by atoms with Gasteiger partial charge in [0, 0.05) is 11.6 Å². The molecule has 3 aliphatic rings. The SMILES string of the molecule is Cc1ccc(C(=O)COc2cccc(N3C(=O)[C@H]4[C@@H]5CC[C@@H](C5)[C@@H]4C3=O)c2)cc1. The van der Waals surface area contributed by atoms with Crippen LogP contribution in [0, 0.1) is 30.6 Å².